The second-order valence-electron chi connectivity index (χ2n) is 10.5. The summed E-state index contributed by atoms with van der Waals surface area (Å²) >= 11 is 0. The van der Waals surface area contributed by atoms with Crippen LogP contribution in [0.4, 0.5) is 5.69 Å². The number of ketones is 1. The molecule has 2 amide bonds. The van der Waals surface area contributed by atoms with Crippen LogP contribution in [0.1, 0.15) is 61.0 Å². The number of carbonyl (C=O) groups is 3. The molecular weight excluding hydrogens is 534 g/mol. The molecule has 1 N–H and O–H groups in total. The summed E-state index contributed by atoms with van der Waals surface area (Å²) in [4.78, 5) is 42.0. The summed E-state index contributed by atoms with van der Waals surface area (Å²) < 4.78 is 12.5. The summed E-state index contributed by atoms with van der Waals surface area (Å²) in [6.07, 6.45) is 5.00. The van der Waals surface area contributed by atoms with Gasteiger partial charge in [0, 0.05) is 17.3 Å². The summed E-state index contributed by atoms with van der Waals surface area (Å²) in [5, 5.41) is 11.6. The fourth-order valence-electron chi connectivity index (χ4n) is 5.50. The first-order chi connectivity index (χ1) is 20.4. The summed E-state index contributed by atoms with van der Waals surface area (Å²) in [5.74, 6) is 0.166. The van der Waals surface area contributed by atoms with Crippen molar-refractivity contribution in [1.82, 2.24) is 20.3 Å². The molecule has 218 valence electrons. The zero-order valence-corrected chi connectivity index (χ0v) is 24.1. The lowest BCUT2D eigenvalue weighted by Crippen LogP contribution is -2.48. The number of methoxy groups -OCH3 is 2. The molecule has 10 nitrogen and oxygen atoms in total. The van der Waals surface area contributed by atoms with Crippen molar-refractivity contribution in [1.29, 1.82) is 0 Å². The highest BCUT2D eigenvalue weighted by Crippen LogP contribution is 2.35. The maximum absolute atomic E-state index is 14.3. The van der Waals surface area contributed by atoms with Gasteiger partial charge in [-0.3, -0.25) is 19.3 Å². The zero-order valence-electron chi connectivity index (χ0n) is 24.1. The van der Waals surface area contributed by atoms with E-state index < -0.39 is 6.04 Å². The van der Waals surface area contributed by atoms with Gasteiger partial charge in [0.1, 0.15) is 18.1 Å². The van der Waals surface area contributed by atoms with Crippen LogP contribution in [-0.4, -0.2) is 52.9 Å². The Hall–Kier alpha value is -4.73. The van der Waals surface area contributed by atoms with E-state index in [0.29, 0.717) is 39.3 Å². The molecule has 3 aromatic carbocycles. The molecule has 1 heterocycles. The van der Waals surface area contributed by atoms with Crippen molar-refractivity contribution in [2.75, 3.05) is 19.1 Å². The Morgan fingerprint density at radius 1 is 0.952 bits per heavy atom. The highest BCUT2D eigenvalue weighted by Gasteiger charge is 2.35. The minimum absolute atomic E-state index is 0.0187. The first-order valence-corrected chi connectivity index (χ1v) is 14.1. The van der Waals surface area contributed by atoms with Gasteiger partial charge < -0.3 is 14.8 Å². The van der Waals surface area contributed by atoms with Crippen LogP contribution in [-0.2, 0) is 16.1 Å². The number of aromatic nitrogens is 3. The molecule has 0 spiro atoms. The van der Waals surface area contributed by atoms with E-state index in [-0.39, 0.29) is 30.2 Å². The molecule has 1 fully saturated rings. The Morgan fingerprint density at radius 2 is 1.67 bits per heavy atom. The number of hydrogen-bond donors (Lipinski definition) is 1. The first-order valence-electron chi connectivity index (χ1n) is 14.1. The number of nitrogens with one attached hydrogen (secondary N) is 1. The number of amides is 2. The van der Waals surface area contributed by atoms with Crippen LogP contribution >= 0.6 is 0 Å². The third kappa shape index (κ3) is 6.12. The number of anilines is 1. The molecule has 0 radical (unpaired) electrons. The number of para-hydroxylation sites is 1. The van der Waals surface area contributed by atoms with Gasteiger partial charge in [0.2, 0.25) is 11.8 Å². The molecule has 5 rings (SSSR count). The van der Waals surface area contributed by atoms with E-state index in [1.165, 1.54) is 23.6 Å². The van der Waals surface area contributed by atoms with E-state index in [1.807, 2.05) is 24.3 Å². The van der Waals surface area contributed by atoms with Gasteiger partial charge in [0.25, 0.3) is 0 Å². The van der Waals surface area contributed by atoms with E-state index >= 15 is 0 Å². The van der Waals surface area contributed by atoms with Crippen LogP contribution < -0.4 is 19.7 Å². The average molecular weight is 570 g/mol. The van der Waals surface area contributed by atoms with Crippen LogP contribution in [0.25, 0.3) is 11.0 Å². The fourth-order valence-corrected chi connectivity index (χ4v) is 5.50. The highest BCUT2D eigenvalue weighted by molar-refractivity contribution is 6.02. The molecule has 0 aliphatic heterocycles. The van der Waals surface area contributed by atoms with Gasteiger partial charge in [-0.1, -0.05) is 42.7 Å². The molecule has 1 atom stereocenters. The fraction of sp³-hybridized carbons (Fsp3) is 0.344. The molecule has 42 heavy (non-hydrogen) atoms. The van der Waals surface area contributed by atoms with Crippen LogP contribution in [0.3, 0.4) is 0 Å². The summed E-state index contributed by atoms with van der Waals surface area (Å²) in [5.41, 5.74) is 2.88. The largest absolute Gasteiger partial charge is 0.493 e. The third-order valence-electron chi connectivity index (χ3n) is 7.71. The molecule has 1 aromatic heterocycles. The Labute approximate surface area is 244 Å². The van der Waals surface area contributed by atoms with E-state index in [4.69, 9.17) is 9.47 Å². The van der Waals surface area contributed by atoms with Crippen molar-refractivity contribution in [3.8, 4) is 11.5 Å². The highest BCUT2D eigenvalue weighted by atomic mass is 16.5. The molecular formula is C32H35N5O5. The van der Waals surface area contributed by atoms with Crippen molar-refractivity contribution in [2.24, 2.45) is 0 Å². The number of hydrogen-bond acceptors (Lipinski definition) is 7. The van der Waals surface area contributed by atoms with Gasteiger partial charge in [-0.2, -0.15) is 0 Å². The maximum Gasteiger partial charge on any atom is 0.249 e. The molecule has 10 heteroatoms. The minimum Gasteiger partial charge on any atom is -0.493 e. The Bertz CT molecular complexity index is 1580. The SMILES string of the molecule is COc1ccc([C@@H](C(=O)NC2CCCCC2)N(C(=O)Cn2nnc3ccccc32)c2ccc(C(C)=O)cc2)cc1OC. The van der Waals surface area contributed by atoms with Crippen LogP contribution in [0.15, 0.2) is 66.7 Å². The van der Waals surface area contributed by atoms with Gasteiger partial charge in [-0.05, 0) is 73.9 Å². The molecule has 1 aliphatic rings. The lowest BCUT2D eigenvalue weighted by Gasteiger charge is -2.33. The van der Waals surface area contributed by atoms with E-state index in [0.717, 1.165) is 32.1 Å². The van der Waals surface area contributed by atoms with Gasteiger partial charge >= 0.3 is 0 Å². The molecule has 1 saturated carbocycles. The number of benzene rings is 3. The van der Waals surface area contributed by atoms with Gasteiger partial charge in [0.15, 0.2) is 17.3 Å². The molecule has 4 aromatic rings. The number of carbonyl (C=O) groups excluding carboxylic acids is 3. The topological polar surface area (TPSA) is 116 Å². The average Bonchev–Trinajstić information content (AvgIpc) is 3.42. The molecule has 0 saturated heterocycles. The van der Waals surface area contributed by atoms with E-state index in [1.54, 1.807) is 49.6 Å². The Morgan fingerprint density at radius 3 is 2.36 bits per heavy atom. The maximum atomic E-state index is 14.3. The van der Waals surface area contributed by atoms with Crippen molar-refractivity contribution in [2.45, 2.75) is 57.7 Å². The number of nitrogens with zero attached hydrogens (tertiary/aromatic N) is 4. The van der Waals surface area contributed by atoms with E-state index in [9.17, 15) is 14.4 Å². The normalized spacial score (nSPS) is 14.3. The second kappa shape index (κ2) is 12.8. The van der Waals surface area contributed by atoms with E-state index in [2.05, 4.69) is 15.6 Å². The smallest absolute Gasteiger partial charge is 0.249 e. The predicted molar refractivity (Wildman–Crippen MR) is 159 cm³/mol. The Kier molecular flexibility index (Phi) is 8.80. The first kappa shape index (κ1) is 28.8. The third-order valence-corrected chi connectivity index (χ3v) is 7.71. The monoisotopic (exact) mass is 569 g/mol. The van der Waals surface area contributed by atoms with Crippen molar-refractivity contribution in [3.05, 3.63) is 77.9 Å². The lowest BCUT2D eigenvalue weighted by atomic mass is 9.94. The Balaban J connectivity index is 1.61. The van der Waals surface area contributed by atoms with Crippen molar-refractivity contribution in [3.63, 3.8) is 0 Å². The molecule has 0 bridgehead atoms. The number of ether oxygens (including phenoxy) is 2. The summed E-state index contributed by atoms with van der Waals surface area (Å²) in [6.45, 7) is 1.33. The van der Waals surface area contributed by atoms with Crippen LogP contribution in [0.2, 0.25) is 0 Å². The lowest BCUT2D eigenvalue weighted by molar-refractivity contribution is -0.127. The predicted octanol–water partition coefficient (Wildman–Crippen LogP) is 4.87. The van der Waals surface area contributed by atoms with Gasteiger partial charge in [0.05, 0.1) is 19.7 Å². The zero-order chi connectivity index (χ0) is 29.6. The van der Waals surface area contributed by atoms with Gasteiger partial charge in [-0.15, -0.1) is 5.10 Å². The second-order valence-corrected chi connectivity index (χ2v) is 10.5. The summed E-state index contributed by atoms with van der Waals surface area (Å²) in [6, 6.07) is 18.3. The van der Waals surface area contributed by atoms with Gasteiger partial charge in [-0.25, -0.2) is 4.68 Å². The number of fused-ring (bicyclic) bond motifs is 1. The van der Waals surface area contributed by atoms with Crippen LogP contribution in [0, 0.1) is 0 Å². The van der Waals surface area contributed by atoms with Crippen LogP contribution in [0.5, 0.6) is 11.5 Å². The molecule has 1 aliphatic carbocycles. The molecule has 0 unspecified atom stereocenters. The number of Topliss-reactive ketones (excluding diaryl/α,β-unsaturated/α-hetero) is 1. The van der Waals surface area contributed by atoms with Crippen molar-refractivity contribution >= 4 is 34.3 Å². The number of rotatable bonds is 10. The quantitative estimate of drug-likeness (QED) is 0.271. The van der Waals surface area contributed by atoms with Crippen molar-refractivity contribution < 1.29 is 23.9 Å². The standard InChI is InChI=1S/C32H35N5O5/c1-21(38)22-13-16-25(17-14-22)37(30(39)20-36-27-12-8-7-11-26(27)34-35-36)31(32(40)33-24-9-5-4-6-10-24)23-15-18-28(41-2)29(19-23)42-3/h7-8,11-19,24,31H,4-6,9-10,20H2,1-3H3,(H,33,40)/t31-/m0/s1. The minimum atomic E-state index is -1.04. The summed E-state index contributed by atoms with van der Waals surface area (Å²) in [7, 11) is 3.07.